The van der Waals surface area contributed by atoms with Gasteiger partial charge in [-0.25, -0.2) is 4.79 Å². The Morgan fingerprint density at radius 1 is 1.26 bits per heavy atom. The number of para-hydroxylation sites is 1. The molecule has 2 rings (SSSR count). The van der Waals surface area contributed by atoms with E-state index in [2.05, 4.69) is 5.32 Å². The lowest BCUT2D eigenvalue weighted by Gasteiger charge is -2.14. The maximum Gasteiger partial charge on any atom is 0.337 e. The van der Waals surface area contributed by atoms with Crippen molar-refractivity contribution in [3.63, 3.8) is 0 Å². The maximum absolute atomic E-state index is 11.4. The Labute approximate surface area is 108 Å². The molecule has 2 aromatic rings. The van der Waals surface area contributed by atoms with Gasteiger partial charge in [0, 0.05) is 0 Å². The fourth-order valence-corrected chi connectivity index (χ4v) is 1.68. The van der Waals surface area contributed by atoms with Crippen LogP contribution >= 0.6 is 0 Å². The third kappa shape index (κ3) is 2.20. The van der Waals surface area contributed by atoms with Gasteiger partial charge in [-0.3, -0.25) is 9.59 Å². The van der Waals surface area contributed by atoms with Crippen LogP contribution in [0.4, 0.5) is 11.4 Å². The van der Waals surface area contributed by atoms with Gasteiger partial charge in [-0.1, -0.05) is 12.1 Å². The molecule has 98 valence electrons. The molecule has 0 amide bonds. The summed E-state index contributed by atoms with van der Waals surface area (Å²) in [6.07, 6.45) is 0. The van der Waals surface area contributed by atoms with Crippen molar-refractivity contribution in [2.75, 3.05) is 11.9 Å². The van der Waals surface area contributed by atoms with Crippen LogP contribution < -0.4 is 20.9 Å². The molecule has 0 saturated heterocycles. The highest BCUT2D eigenvalue weighted by molar-refractivity contribution is 5.95. The monoisotopic (exact) mass is 261 g/mol. The van der Waals surface area contributed by atoms with Crippen molar-refractivity contribution in [2.24, 2.45) is 0 Å². The number of carboxylic acid groups (broad SMARTS) is 1. The van der Waals surface area contributed by atoms with Gasteiger partial charge in [0.1, 0.15) is 5.69 Å². The number of benzene rings is 1. The minimum atomic E-state index is -1.13. The average molecular weight is 261 g/mol. The summed E-state index contributed by atoms with van der Waals surface area (Å²) in [6, 6.07) is 6.10. The van der Waals surface area contributed by atoms with Crippen LogP contribution in [0.15, 0.2) is 33.9 Å². The van der Waals surface area contributed by atoms with Crippen LogP contribution in [0.5, 0.6) is 5.75 Å². The summed E-state index contributed by atoms with van der Waals surface area (Å²) in [6.45, 7) is 1.94. The largest absolute Gasteiger partial charge is 0.488 e. The molecule has 2 aromatic carbocycles. The molecule has 6 nitrogen and oxygen atoms in total. The second kappa shape index (κ2) is 4.93. The van der Waals surface area contributed by atoms with Gasteiger partial charge in [0.25, 0.3) is 10.9 Å². The number of carboxylic acids is 1. The van der Waals surface area contributed by atoms with E-state index < -0.39 is 16.8 Å². The number of carbonyl (C=O) groups is 1. The molecule has 0 unspecified atom stereocenters. The smallest absolute Gasteiger partial charge is 0.337 e. The number of hydrogen-bond acceptors (Lipinski definition) is 5. The zero-order valence-electron chi connectivity index (χ0n) is 10.1. The molecule has 0 aliphatic heterocycles. The fraction of sp³-hybridized carbons (Fsp3) is 0.154. The lowest BCUT2D eigenvalue weighted by molar-refractivity contribution is 0.0698. The van der Waals surface area contributed by atoms with Gasteiger partial charge >= 0.3 is 5.97 Å². The van der Waals surface area contributed by atoms with Crippen LogP contribution in [0.1, 0.15) is 17.3 Å². The van der Waals surface area contributed by atoms with E-state index >= 15 is 0 Å². The van der Waals surface area contributed by atoms with Crippen molar-refractivity contribution >= 4 is 17.3 Å². The zero-order chi connectivity index (χ0) is 14.0. The Kier molecular flexibility index (Phi) is 3.33. The standard InChI is InChI=1S/C13H11NO5/c1-2-19-12-9(10(15)11(12)16)14-8-6-4-3-5-7(8)13(17)18/h3-6,14H,2H2,1H3,(H,17,18). The molecule has 0 aliphatic rings. The fourth-order valence-electron chi connectivity index (χ4n) is 1.68. The van der Waals surface area contributed by atoms with Crippen molar-refractivity contribution in [1.82, 2.24) is 0 Å². The van der Waals surface area contributed by atoms with Crippen molar-refractivity contribution in [3.05, 3.63) is 50.3 Å². The Bertz CT molecular complexity index is 697. The van der Waals surface area contributed by atoms with E-state index in [0.717, 1.165) is 0 Å². The first-order valence-electron chi connectivity index (χ1n) is 5.61. The van der Waals surface area contributed by atoms with Gasteiger partial charge in [-0.2, -0.15) is 0 Å². The molecule has 2 N–H and O–H groups in total. The number of nitrogens with one attached hydrogen (secondary N) is 1. The molecule has 0 aromatic heterocycles. The summed E-state index contributed by atoms with van der Waals surface area (Å²) in [4.78, 5) is 33.7. The Morgan fingerprint density at radius 3 is 2.58 bits per heavy atom. The summed E-state index contributed by atoms with van der Waals surface area (Å²) < 4.78 is 5.04. The third-order valence-electron chi connectivity index (χ3n) is 2.57. The number of hydrogen-bond donors (Lipinski definition) is 2. The molecule has 6 heteroatoms. The van der Waals surface area contributed by atoms with Gasteiger partial charge in [0.15, 0.2) is 5.75 Å². The first-order chi connectivity index (χ1) is 9.06. The van der Waals surface area contributed by atoms with Crippen LogP contribution in [-0.4, -0.2) is 17.7 Å². The molecule has 0 atom stereocenters. The van der Waals surface area contributed by atoms with E-state index in [1.807, 2.05) is 0 Å². The molecule has 0 spiro atoms. The summed E-state index contributed by atoms with van der Waals surface area (Å²) >= 11 is 0. The van der Waals surface area contributed by atoms with E-state index in [-0.39, 0.29) is 29.3 Å². The Hall–Kier alpha value is -2.63. The predicted molar refractivity (Wildman–Crippen MR) is 69.2 cm³/mol. The van der Waals surface area contributed by atoms with E-state index in [1.54, 1.807) is 19.1 Å². The van der Waals surface area contributed by atoms with Gasteiger partial charge < -0.3 is 15.2 Å². The Morgan fingerprint density at radius 2 is 1.95 bits per heavy atom. The second-order valence-corrected chi connectivity index (χ2v) is 3.77. The molecule has 0 saturated carbocycles. The summed E-state index contributed by atoms with van der Waals surface area (Å²) in [5.41, 5.74) is -1.15. The first-order valence-corrected chi connectivity index (χ1v) is 5.61. The molecule has 0 heterocycles. The molecule has 0 radical (unpaired) electrons. The molecule has 0 aliphatic carbocycles. The topological polar surface area (TPSA) is 92.7 Å². The van der Waals surface area contributed by atoms with Crippen LogP contribution in [0.3, 0.4) is 0 Å². The minimum absolute atomic E-state index is 0.000509. The number of rotatable bonds is 5. The van der Waals surface area contributed by atoms with Gasteiger partial charge in [-0.15, -0.1) is 0 Å². The second-order valence-electron chi connectivity index (χ2n) is 3.77. The Balaban J connectivity index is 2.38. The predicted octanol–water partition coefficient (Wildman–Crippen LogP) is 1.12. The normalized spacial score (nSPS) is 10.4. The van der Waals surface area contributed by atoms with Crippen molar-refractivity contribution < 1.29 is 14.6 Å². The number of anilines is 2. The minimum Gasteiger partial charge on any atom is -0.488 e. The average Bonchev–Trinajstić information content (AvgIpc) is 2.42. The highest BCUT2D eigenvalue weighted by Gasteiger charge is 2.23. The van der Waals surface area contributed by atoms with Gasteiger partial charge in [0.05, 0.1) is 17.9 Å². The van der Waals surface area contributed by atoms with Crippen LogP contribution in [0.2, 0.25) is 0 Å². The van der Waals surface area contributed by atoms with Gasteiger partial charge in [-0.05, 0) is 19.1 Å². The highest BCUT2D eigenvalue weighted by atomic mass is 16.5. The van der Waals surface area contributed by atoms with Crippen molar-refractivity contribution in [1.29, 1.82) is 0 Å². The van der Waals surface area contributed by atoms with E-state index in [1.165, 1.54) is 12.1 Å². The lowest BCUT2D eigenvalue weighted by Crippen LogP contribution is -2.35. The van der Waals surface area contributed by atoms with Crippen molar-refractivity contribution in [3.8, 4) is 5.75 Å². The molecule has 0 fully saturated rings. The molecule has 19 heavy (non-hydrogen) atoms. The number of ether oxygens (including phenoxy) is 1. The number of aromatic carboxylic acids is 1. The molecule has 0 bridgehead atoms. The summed E-state index contributed by atoms with van der Waals surface area (Å²) in [5.74, 6) is -1.17. The maximum atomic E-state index is 11.4. The zero-order valence-corrected chi connectivity index (χ0v) is 10.1. The molecular weight excluding hydrogens is 250 g/mol. The van der Waals surface area contributed by atoms with E-state index in [9.17, 15) is 14.4 Å². The van der Waals surface area contributed by atoms with Crippen LogP contribution in [0.25, 0.3) is 0 Å². The molecular formula is C13H11NO5. The first kappa shape index (κ1) is 12.8. The SMILES string of the molecule is CCOc1c(Nc2ccccc2C(=O)O)c(=O)c1=O. The van der Waals surface area contributed by atoms with Gasteiger partial charge in [0.2, 0.25) is 0 Å². The summed E-state index contributed by atoms with van der Waals surface area (Å²) in [5, 5.41) is 11.7. The van der Waals surface area contributed by atoms with E-state index in [0.29, 0.717) is 0 Å². The van der Waals surface area contributed by atoms with Crippen LogP contribution in [0, 0.1) is 0 Å². The highest BCUT2D eigenvalue weighted by Crippen LogP contribution is 2.25. The van der Waals surface area contributed by atoms with Crippen molar-refractivity contribution in [2.45, 2.75) is 6.92 Å². The van der Waals surface area contributed by atoms with Crippen LogP contribution in [-0.2, 0) is 0 Å². The summed E-state index contributed by atoms with van der Waals surface area (Å²) in [7, 11) is 0. The third-order valence-corrected chi connectivity index (χ3v) is 2.57. The van der Waals surface area contributed by atoms with E-state index in [4.69, 9.17) is 9.84 Å². The quantitative estimate of drug-likeness (QED) is 0.783. The lowest BCUT2D eigenvalue weighted by atomic mass is 10.1.